The first kappa shape index (κ1) is 8.25. The molecule has 0 bridgehead atoms. The van der Waals surface area contributed by atoms with Crippen LogP contribution in [0.1, 0.15) is 0 Å². The summed E-state index contributed by atoms with van der Waals surface area (Å²) in [5.74, 6) is 0.444. The van der Waals surface area contributed by atoms with Gasteiger partial charge in [-0.2, -0.15) is 0 Å². The maximum atomic E-state index is 11.4. The normalized spacial score (nSPS) is 10.5. The number of hydrogen-bond acceptors (Lipinski definition) is 4. The number of aromatic nitrogens is 3. The predicted octanol–water partition coefficient (Wildman–Crippen LogP) is 0.811. The van der Waals surface area contributed by atoms with Crippen LogP contribution < -0.4 is 5.56 Å². The number of hydrogen-bond donors (Lipinski definition) is 0. The molecular formula is C8H7N3OS. The third-order valence-corrected chi connectivity index (χ3v) is 2.40. The zero-order chi connectivity index (χ0) is 9.26. The summed E-state index contributed by atoms with van der Waals surface area (Å²) in [6.45, 7) is 0. The Bertz CT molecular complexity index is 489. The fourth-order valence-electron chi connectivity index (χ4n) is 1.10. The standard InChI is InChI=1S/C8H7N3OS/c1-13-7-3-5-10-8-9-4-2-6(12)11(7)8/h2-5H,1H3. The van der Waals surface area contributed by atoms with Crippen LogP contribution in [0, 0.1) is 0 Å². The van der Waals surface area contributed by atoms with Crippen LogP contribution in [0.3, 0.4) is 0 Å². The summed E-state index contributed by atoms with van der Waals surface area (Å²) in [5.41, 5.74) is -0.0950. The first-order valence-corrected chi connectivity index (χ1v) is 4.92. The lowest BCUT2D eigenvalue weighted by atomic mass is 10.6. The van der Waals surface area contributed by atoms with Crippen LogP contribution in [-0.4, -0.2) is 20.6 Å². The highest BCUT2D eigenvalue weighted by Gasteiger charge is 2.01. The first-order valence-electron chi connectivity index (χ1n) is 3.69. The minimum atomic E-state index is -0.0950. The molecule has 0 amide bonds. The Balaban J connectivity index is 2.95. The number of thioether (sulfide) groups is 1. The van der Waals surface area contributed by atoms with Crippen molar-refractivity contribution in [2.24, 2.45) is 0 Å². The van der Waals surface area contributed by atoms with Crippen molar-refractivity contribution in [2.75, 3.05) is 6.26 Å². The molecule has 0 radical (unpaired) electrons. The highest BCUT2D eigenvalue weighted by Crippen LogP contribution is 2.11. The van der Waals surface area contributed by atoms with Gasteiger partial charge in [-0.25, -0.2) is 14.4 Å². The molecule has 0 aromatic carbocycles. The number of rotatable bonds is 1. The Hall–Kier alpha value is -1.36. The van der Waals surface area contributed by atoms with Crippen LogP contribution in [0.4, 0.5) is 0 Å². The van der Waals surface area contributed by atoms with Crippen LogP contribution in [0.5, 0.6) is 0 Å². The van der Waals surface area contributed by atoms with Crippen molar-refractivity contribution in [3.8, 4) is 0 Å². The van der Waals surface area contributed by atoms with Crippen LogP contribution in [-0.2, 0) is 0 Å². The second-order valence-electron chi connectivity index (χ2n) is 2.41. The molecule has 2 aromatic heterocycles. The molecule has 5 heteroatoms. The average molecular weight is 193 g/mol. The molecule has 2 aromatic rings. The third kappa shape index (κ3) is 1.31. The molecule has 0 fully saturated rings. The smallest absolute Gasteiger partial charge is 0.259 e. The maximum absolute atomic E-state index is 11.4. The average Bonchev–Trinajstić information content (AvgIpc) is 2.17. The predicted molar refractivity (Wildman–Crippen MR) is 51.0 cm³/mol. The SMILES string of the molecule is CSc1ccnc2nccc(=O)n12. The lowest BCUT2D eigenvalue weighted by Crippen LogP contribution is -2.15. The number of fused-ring (bicyclic) bond motifs is 1. The highest BCUT2D eigenvalue weighted by molar-refractivity contribution is 7.98. The molecule has 0 saturated heterocycles. The van der Waals surface area contributed by atoms with Crippen molar-refractivity contribution in [3.05, 3.63) is 34.9 Å². The molecule has 0 aliphatic carbocycles. The van der Waals surface area contributed by atoms with Gasteiger partial charge in [0.2, 0.25) is 5.78 Å². The second kappa shape index (κ2) is 3.18. The largest absolute Gasteiger partial charge is 0.269 e. The Morgan fingerprint density at radius 1 is 1.31 bits per heavy atom. The molecule has 13 heavy (non-hydrogen) atoms. The molecule has 0 spiro atoms. The van der Waals surface area contributed by atoms with Gasteiger partial charge in [0.05, 0.1) is 5.03 Å². The van der Waals surface area contributed by atoms with Gasteiger partial charge in [-0.15, -0.1) is 11.8 Å². The second-order valence-corrected chi connectivity index (χ2v) is 3.23. The van der Waals surface area contributed by atoms with Gasteiger partial charge in [0.1, 0.15) is 0 Å². The van der Waals surface area contributed by atoms with Crippen LogP contribution >= 0.6 is 11.8 Å². The van der Waals surface area contributed by atoms with Crippen molar-refractivity contribution >= 4 is 17.5 Å². The van der Waals surface area contributed by atoms with E-state index in [0.717, 1.165) is 5.03 Å². The van der Waals surface area contributed by atoms with Gasteiger partial charge in [-0.3, -0.25) is 4.79 Å². The fourth-order valence-corrected chi connectivity index (χ4v) is 1.65. The summed E-state index contributed by atoms with van der Waals surface area (Å²) in [5, 5.41) is 0.850. The van der Waals surface area contributed by atoms with Gasteiger partial charge in [-0.1, -0.05) is 0 Å². The van der Waals surface area contributed by atoms with Crippen LogP contribution in [0.2, 0.25) is 0 Å². The minimum absolute atomic E-state index is 0.0950. The van der Waals surface area contributed by atoms with Crippen molar-refractivity contribution in [3.63, 3.8) is 0 Å². The summed E-state index contributed by atoms with van der Waals surface area (Å²) in [4.78, 5) is 19.4. The van der Waals surface area contributed by atoms with Gasteiger partial charge < -0.3 is 0 Å². The van der Waals surface area contributed by atoms with Crippen molar-refractivity contribution in [1.82, 2.24) is 14.4 Å². The summed E-state index contributed by atoms with van der Waals surface area (Å²) < 4.78 is 1.49. The van der Waals surface area contributed by atoms with Gasteiger partial charge in [-0.05, 0) is 12.3 Å². The van der Waals surface area contributed by atoms with E-state index in [-0.39, 0.29) is 5.56 Å². The van der Waals surface area contributed by atoms with E-state index in [0.29, 0.717) is 5.78 Å². The summed E-state index contributed by atoms with van der Waals surface area (Å²) in [6.07, 6.45) is 5.02. The quantitative estimate of drug-likeness (QED) is 0.496. The lowest BCUT2D eigenvalue weighted by Gasteiger charge is -2.02. The summed E-state index contributed by atoms with van der Waals surface area (Å²) in [7, 11) is 0. The molecular weight excluding hydrogens is 186 g/mol. The lowest BCUT2D eigenvalue weighted by molar-refractivity contribution is 0.901. The monoisotopic (exact) mass is 193 g/mol. The van der Waals surface area contributed by atoms with Crippen LogP contribution in [0.25, 0.3) is 5.78 Å². The molecule has 0 unspecified atom stereocenters. The van der Waals surface area contributed by atoms with E-state index < -0.39 is 0 Å². The molecule has 0 aliphatic heterocycles. The Labute approximate surface area is 78.6 Å². The first-order chi connectivity index (χ1) is 6.33. The number of nitrogens with zero attached hydrogens (tertiary/aromatic N) is 3. The van der Waals surface area contributed by atoms with E-state index in [2.05, 4.69) is 9.97 Å². The van der Waals surface area contributed by atoms with Crippen molar-refractivity contribution in [1.29, 1.82) is 0 Å². The van der Waals surface area contributed by atoms with E-state index >= 15 is 0 Å². The van der Waals surface area contributed by atoms with E-state index in [1.807, 2.05) is 6.26 Å². The zero-order valence-electron chi connectivity index (χ0n) is 6.97. The van der Waals surface area contributed by atoms with E-state index in [4.69, 9.17) is 0 Å². The molecule has 0 N–H and O–H groups in total. The van der Waals surface area contributed by atoms with Gasteiger partial charge in [0.15, 0.2) is 0 Å². The molecule has 0 aliphatic rings. The van der Waals surface area contributed by atoms with Crippen molar-refractivity contribution < 1.29 is 0 Å². The Kier molecular flexibility index (Phi) is 2.02. The van der Waals surface area contributed by atoms with Gasteiger partial charge in [0, 0.05) is 18.5 Å². The van der Waals surface area contributed by atoms with Gasteiger partial charge in [0.25, 0.3) is 5.56 Å². The summed E-state index contributed by atoms with van der Waals surface area (Å²) in [6, 6.07) is 3.22. The molecule has 0 atom stereocenters. The highest BCUT2D eigenvalue weighted by atomic mass is 32.2. The minimum Gasteiger partial charge on any atom is -0.269 e. The van der Waals surface area contributed by atoms with Gasteiger partial charge >= 0.3 is 0 Å². The molecule has 0 saturated carbocycles. The van der Waals surface area contributed by atoms with Crippen molar-refractivity contribution in [2.45, 2.75) is 5.03 Å². The van der Waals surface area contributed by atoms with Crippen LogP contribution in [0.15, 0.2) is 34.3 Å². The Morgan fingerprint density at radius 3 is 2.69 bits per heavy atom. The molecule has 2 heterocycles. The van der Waals surface area contributed by atoms with E-state index in [1.165, 1.54) is 28.4 Å². The fraction of sp³-hybridized carbons (Fsp3) is 0.125. The maximum Gasteiger partial charge on any atom is 0.259 e. The zero-order valence-corrected chi connectivity index (χ0v) is 7.78. The third-order valence-electron chi connectivity index (χ3n) is 1.66. The van der Waals surface area contributed by atoms with E-state index in [9.17, 15) is 4.79 Å². The molecule has 66 valence electrons. The molecule has 4 nitrogen and oxygen atoms in total. The Morgan fingerprint density at radius 2 is 2.00 bits per heavy atom. The topological polar surface area (TPSA) is 47.3 Å². The molecule has 2 rings (SSSR count). The summed E-state index contributed by atoms with van der Waals surface area (Å²) >= 11 is 1.50. The van der Waals surface area contributed by atoms with E-state index in [1.54, 1.807) is 12.3 Å².